The molecule has 2 aromatic carbocycles. The number of anilines is 1. The fourth-order valence-corrected chi connectivity index (χ4v) is 6.00. The van der Waals surface area contributed by atoms with Gasteiger partial charge in [0.1, 0.15) is 10.6 Å². The summed E-state index contributed by atoms with van der Waals surface area (Å²) in [5.74, 6) is 0.553. The maximum atomic E-state index is 11.9. The fourth-order valence-electron chi connectivity index (χ4n) is 3.50. The minimum Gasteiger partial charge on any atom is -0.497 e. The molecule has 4 rings (SSSR count). The highest BCUT2D eigenvalue weighted by atomic mass is 32.2. The Bertz CT molecular complexity index is 1000. The van der Waals surface area contributed by atoms with E-state index in [0.717, 1.165) is 27.0 Å². The number of rotatable bonds is 6. The molecule has 0 bridgehead atoms. The van der Waals surface area contributed by atoms with Crippen LogP contribution >= 0.6 is 23.1 Å². The number of hydrogen-bond donors (Lipinski definition) is 2. The summed E-state index contributed by atoms with van der Waals surface area (Å²) in [5.41, 5.74) is 3.59. The van der Waals surface area contributed by atoms with Crippen LogP contribution in [0.5, 0.6) is 5.75 Å². The summed E-state index contributed by atoms with van der Waals surface area (Å²) < 4.78 is 6.10. The van der Waals surface area contributed by atoms with Crippen molar-refractivity contribution in [3.63, 3.8) is 0 Å². The molecule has 0 fully saturated rings. The van der Waals surface area contributed by atoms with Gasteiger partial charge in [0.2, 0.25) is 0 Å². The number of aliphatic hydroxyl groups is 1. The molecule has 2 heterocycles. The lowest BCUT2D eigenvalue weighted by Crippen LogP contribution is -2.33. The highest BCUT2D eigenvalue weighted by molar-refractivity contribution is 8.00. The van der Waals surface area contributed by atoms with Gasteiger partial charge in [-0.1, -0.05) is 30.3 Å². The van der Waals surface area contributed by atoms with E-state index in [9.17, 15) is 15.0 Å². The van der Waals surface area contributed by atoms with E-state index in [0.29, 0.717) is 23.5 Å². The highest BCUT2D eigenvalue weighted by Gasteiger charge is 2.33. The molecule has 7 heteroatoms. The number of hydrogen-bond acceptors (Lipinski definition) is 6. The quantitative estimate of drug-likeness (QED) is 0.551. The third kappa shape index (κ3) is 4.12. The molecular formula is C22H21NO4S2. The number of carboxylic acid groups (broad SMARTS) is 1. The van der Waals surface area contributed by atoms with E-state index in [1.807, 2.05) is 59.5 Å². The Labute approximate surface area is 177 Å². The number of methoxy groups -OCH3 is 1. The van der Waals surface area contributed by atoms with Gasteiger partial charge in [0.05, 0.1) is 17.4 Å². The number of nitrogens with zero attached hydrogens (tertiary/aromatic N) is 1. The van der Waals surface area contributed by atoms with Gasteiger partial charge in [0.25, 0.3) is 0 Å². The number of carboxylic acids is 1. The average molecular weight is 428 g/mol. The van der Waals surface area contributed by atoms with E-state index < -0.39 is 12.1 Å². The van der Waals surface area contributed by atoms with Crippen LogP contribution in [0.15, 0.2) is 58.8 Å². The summed E-state index contributed by atoms with van der Waals surface area (Å²) in [6.07, 6.45) is -0.733. The van der Waals surface area contributed by atoms with E-state index >= 15 is 0 Å². The van der Waals surface area contributed by atoms with E-state index in [-0.39, 0.29) is 0 Å². The average Bonchev–Trinajstić information content (AvgIpc) is 3.12. The van der Waals surface area contributed by atoms with Crippen molar-refractivity contribution in [1.29, 1.82) is 0 Å². The predicted octanol–water partition coefficient (Wildman–Crippen LogP) is 4.80. The summed E-state index contributed by atoms with van der Waals surface area (Å²) in [5, 5.41) is 20.6. The van der Waals surface area contributed by atoms with Crippen molar-refractivity contribution in [2.24, 2.45) is 0 Å². The molecule has 150 valence electrons. The minimum absolute atomic E-state index is 0.313. The molecule has 2 N–H and O–H groups in total. The molecule has 1 atom stereocenters. The van der Waals surface area contributed by atoms with Crippen LogP contribution in [0.25, 0.3) is 0 Å². The van der Waals surface area contributed by atoms with Crippen molar-refractivity contribution in [2.75, 3.05) is 18.6 Å². The maximum absolute atomic E-state index is 11.9. The Kier molecular flexibility index (Phi) is 5.80. The van der Waals surface area contributed by atoms with Gasteiger partial charge in [-0.3, -0.25) is 0 Å². The van der Waals surface area contributed by atoms with Crippen molar-refractivity contribution in [1.82, 2.24) is 0 Å². The number of fused-ring (bicyclic) bond motifs is 1. The lowest BCUT2D eigenvalue weighted by molar-refractivity contribution is 0.0700. The van der Waals surface area contributed by atoms with Crippen molar-refractivity contribution >= 4 is 34.8 Å². The van der Waals surface area contributed by atoms with Gasteiger partial charge in [-0.2, -0.15) is 0 Å². The number of thiophene rings is 1. The van der Waals surface area contributed by atoms with E-state index in [1.54, 1.807) is 18.9 Å². The molecule has 1 aliphatic heterocycles. The number of β-amino-alcohol motifs (C(OH)–C–C–N with tert-alkyl or cyclic N) is 1. The predicted molar refractivity (Wildman–Crippen MR) is 116 cm³/mol. The molecule has 3 aromatic rings. The summed E-state index contributed by atoms with van der Waals surface area (Å²) in [4.78, 5) is 14.2. The zero-order chi connectivity index (χ0) is 20.4. The smallest absolute Gasteiger partial charge is 0.346 e. The third-order valence-electron chi connectivity index (χ3n) is 4.93. The Hall–Kier alpha value is -2.48. The topological polar surface area (TPSA) is 70.0 Å². The fraction of sp³-hybridized carbons (Fsp3) is 0.227. The first-order valence-corrected chi connectivity index (χ1v) is 11.0. The van der Waals surface area contributed by atoms with Crippen molar-refractivity contribution in [3.8, 4) is 5.75 Å². The molecule has 0 saturated carbocycles. The molecule has 1 aromatic heterocycles. The van der Waals surface area contributed by atoms with Gasteiger partial charge in [0, 0.05) is 35.7 Å². The maximum Gasteiger partial charge on any atom is 0.346 e. The first kappa shape index (κ1) is 19.8. The van der Waals surface area contributed by atoms with E-state index in [4.69, 9.17) is 4.74 Å². The monoisotopic (exact) mass is 427 g/mol. The molecule has 0 aliphatic carbocycles. The van der Waals surface area contributed by atoms with Crippen LogP contribution in [-0.4, -0.2) is 29.8 Å². The van der Waals surface area contributed by atoms with Crippen molar-refractivity contribution in [2.45, 2.75) is 22.6 Å². The van der Waals surface area contributed by atoms with Gasteiger partial charge < -0.3 is 19.8 Å². The second kappa shape index (κ2) is 8.49. The summed E-state index contributed by atoms with van der Waals surface area (Å²) >= 11 is 2.86. The normalized spacial score (nSPS) is 15.8. The van der Waals surface area contributed by atoms with E-state index in [2.05, 4.69) is 0 Å². The number of ether oxygens (including phenoxy) is 1. The third-order valence-corrected chi connectivity index (χ3v) is 7.53. The summed E-state index contributed by atoms with van der Waals surface area (Å²) in [6, 6.07) is 17.6. The number of aromatic carboxylic acids is 1. The lowest BCUT2D eigenvalue weighted by Gasteiger charge is -2.33. The summed E-state index contributed by atoms with van der Waals surface area (Å²) in [6.45, 7) is 0.886. The Morgan fingerprint density at radius 3 is 2.59 bits per heavy atom. The zero-order valence-electron chi connectivity index (χ0n) is 15.9. The Morgan fingerprint density at radius 2 is 1.93 bits per heavy atom. The molecule has 0 saturated heterocycles. The first-order valence-electron chi connectivity index (χ1n) is 9.19. The largest absolute Gasteiger partial charge is 0.497 e. The van der Waals surface area contributed by atoms with Gasteiger partial charge in [-0.05, 0) is 29.8 Å². The molecular weight excluding hydrogens is 406 g/mol. The van der Waals surface area contributed by atoms with Gasteiger partial charge in [0.15, 0.2) is 0 Å². The van der Waals surface area contributed by atoms with Crippen LogP contribution in [0.1, 0.15) is 32.5 Å². The number of carbonyl (C=O) groups is 1. The Morgan fingerprint density at radius 1 is 1.21 bits per heavy atom. The van der Waals surface area contributed by atoms with Crippen molar-refractivity contribution in [3.05, 3.63) is 76.2 Å². The van der Waals surface area contributed by atoms with Crippen LogP contribution in [0.2, 0.25) is 0 Å². The SMILES string of the molecule is COc1ccc(N2Cc3c(C(=O)O)sc(SCc4ccccc4)c3C(O)C2)cc1. The molecule has 1 aliphatic rings. The number of aliphatic hydroxyl groups excluding tert-OH is 1. The van der Waals surface area contributed by atoms with Crippen LogP contribution < -0.4 is 9.64 Å². The molecule has 0 amide bonds. The first-order chi connectivity index (χ1) is 14.1. The molecule has 0 spiro atoms. The highest BCUT2D eigenvalue weighted by Crippen LogP contribution is 2.44. The zero-order valence-corrected chi connectivity index (χ0v) is 17.5. The Balaban J connectivity index is 1.63. The second-order valence-electron chi connectivity index (χ2n) is 6.78. The summed E-state index contributed by atoms with van der Waals surface area (Å²) in [7, 11) is 1.62. The number of benzene rings is 2. The standard InChI is InChI=1S/C22H21NO4S2/c1-27-16-9-7-15(8-10-16)23-11-17-19(18(24)12-23)22(29-20(17)21(25)26)28-13-14-5-3-2-4-6-14/h2-10,18,24H,11-13H2,1H3,(H,25,26). The van der Waals surface area contributed by atoms with Gasteiger partial charge in [-0.15, -0.1) is 23.1 Å². The van der Waals surface area contributed by atoms with E-state index in [1.165, 1.54) is 16.9 Å². The van der Waals surface area contributed by atoms with Crippen LogP contribution in [0.4, 0.5) is 5.69 Å². The molecule has 0 radical (unpaired) electrons. The number of thioether (sulfide) groups is 1. The van der Waals surface area contributed by atoms with Crippen LogP contribution in [0, 0.1) is 0 Å². The molecule has 5 nitrogen and oxygen atoms in total. The van der Waals surface area contributed by atoms with Gasteiger partial charge >= 0.3 is 5.97 Å². The van der Waals surface area contributed by atoms with Gasteiger partial charge in [-0.25, -0.2) is 4.79 Å². The van der Waals surface area contributed by atoms with Crippen LogP contribution in [0.3, 0.4) is 0 Å². The minimum atomic E-state index is -0.943. The molecule has 1 unspecified atom stereocenters. The molecule has 29 heavy (non-hydrogen) atoms. The van der Waals surface area contributed by atoms with Crippen molar-refractivity contribution < 1.29 is 19.7 Å². The lowest BCUT2D eigenvalue weighted by atomic mass is 9.99. The second-order valence-corrected chi connectivity index (χ2v) is 9.05. The van der Waals surface area contributed by atoms with Crippen LogP contribution in [-0.2, 0) is 12.3 Å².